The number of aliphatic hydroxyl groups excluding tert-OH is 1. The lowest BCUT2D eigenvalue weighted by Crippen LogP contribution is -2.51. The van der Waals surface area contributed by atoms with Gasteiger partial charge in [0, 0.05) is 29.5 Å². The molecular formula is C28H38F3N5O. The van der Waals surface area contributed by atoms with Gasteiger partial charge in [-0.25, -0.2) is 4.98 Å². The molecule has 5 rings (SSSR count). The Kier molecular flexibility index (Phi) is 7.38. The second-order valence-electron chi connectivity index (χ2n) is 11.9. The molecule has 9 heteroatoms. The summed E-state index contributed by atoms with van der Waals surface area (Å²) in [5.74, 6) is 1.37. The van der Waals surface area contributed by atoms with Crippen LogP contribution in [0.4, 0.5) is 30.6 Å². The van der Waals surface area contributed by atoms with E-state index in [0.717, 1.165) is 75.1 Å². The van der Waals surface area contributed by atoms with E-state index in [1.807, 2.05) is 6.20 Å². The average molecular weight is 518 g/mol. The van der Waals surface area contributed by atoms with E-state index < -0.39 is 11.7 Å². The summed E-state index contributed by atoms with van der Waals surface area (Å²) >= 11 is 0. The molecule has 3 aliphatic rings. The second-order valence-corrected chi connectivity index (χ2v) is 11.9. The lowest BCUT2D eigenvalue weighted by Gasteiger charge is -2.50. The molecule has 2 aliphatic carbocycles. The summed E-state index contributed by atoms with van der Waals surface area (Å²) in [6.07, 6.45) is 5.01. The average Bonchev–Trinajstić information content (AvgIpc) is 2.84. The number of hydrogen-bond acceptors (Lipinski definition) is 6. The molecule has 2 aromatic rings. The number of nitrogens with zero attached hydrogens (tertiary/aromatic N) is 3. The summed E-state index contributed by atoms with van der Waals surface area (Å²) in [7, 11) is 0. The quantitative estimate of drug-likeness (QED) is 0.416. The molecule has 3 fully saturated rings. The number of halogens is 3. The van der Waals surface area contributed by atoms with Crippen molar-refractivity contribution in [2.75, 3.05) is 23.7 Å². The molecule has 0 spiro atoms. The van der Waals surface area contributed by atoms with Crippen molar-refractivity contribution in [1.29, 1.82) is 0 Å². The number of alkyl halides is 3. The maximum atomic E-state index is 13.2. The first-order valence-corrected chi connectivity index (χ1v) is 13.6. The van der Waals surface area contributed by atoms with Gasteiger partial charge in [-0.15, -0.1) is 0 Å². The van der Waals surface area contributed by atoms with Gasteiger partial charge in [0.2, 0.25) is 5.95 Å². The SMILES string of the molecule is CC1(C)CC(N2CCC(c3cnc(Nc4cccc(C(F)(F)F)c4)nc3NC3CCC(O)CC3)CC2)C1. The molecule has 2 saturated carbocycles. The predicted molar refractivity (Wildman–Crippen MR) is 139 cm³/mol. The molecule has 0 bridgehead atoms. The zero-order chi connectivity index (χ0) is 26.2. The van der Waals surface area contributed by atoms with Gasteiger partial charge < -0.3 is 20.6 Å². The molecule has 0 atom stereocenters. The van der Waals surface area contributed by atoms with E-state index in [1.165, 1.54) is 18.9 Å². The zero-order valence-corrected chi connectivity index (χ0v) is 21.7. The normalized spacial score (nSPS) is 25.5. The van der Waals surface area contributed by atoms with Crippen LogP contribution in [0.1, 0.15) is 82.3 Å². The molecule has 2 heterocycles. The third kappa shape index (κ3) is 6.37. The molecule has 0 amide bonds. The first-order valence-electron chi connectivity index (χ1n) is 13.6. The summed E-state index contributed by atoms with van der Waals surface area (Å²) in [6, 6.07) is 5.98. The van der Waals surface area contributed by atoms with Crippen LogP contribution >= 0.6 is 0 Å². The fraction of sp³-hybridized carbons (Fsp3) is 0.643. The van der Waals surface area contributed by atoms with Gasteiger partial charge >= 0.3 is 6.18 Å². The van der Waals surface area contributed by atoms with Crippen molar-refractivity contribution in [3.05, 3.63) is 41.6 Å². The smallest absolute Gasteiger partial charge is 0.393 e. The van der Waals surface area contributed by atoms with Gasteiger partial charge in [-0.3, -0.25) is 0 Å². The Morgan fingerprint density at radius 1 is 1.03 bits per heavy atom. The van der Waals surface area contributed by atoms with Crippen LogP contribution in [-0.2, 0) is 6.18 Å². The summed E-state index contributed by atoms with van der Waals surface area (Å²) in [5, 5.41) is 16.5. The van der Waals surface area contributed by atoms with Crippen molar-refractivity contribution in [3.63, 3.8) is 0 Å². The molecule has 3 N–H and O–H groups in total. The van der Waals surface area contributed by atoms with Gasteiger partial charge in [-0.1, -0.05) is 19.9 Å². The Hall–Kier alpha value is -2.39. The Morgan fingerprint density at radius 3 is 2.38 bits per heavy atom. The first-order chi connectivity index (χ1) is 17.6. The molecule has 1 aromatic carbocycles. The third-order valence-corrected chi connectivity index (χ3v) is 8.36. The largest absolute Gasteiger partial charge is 0.416 e. The topological polar surface area (TPSA) is 73.3 Å². The van der Waals surface area contributed by atoms with Crippen LogP contribution in [-0.4, -0.2) is 51.3 Å². The zero-order valence-electron chi connectivity index (χ0n) is 21.7. The Morgan fingerprint density at radius 2 is 1.73 bits per heavy atom. The lowest BCUT2D eigenvalue weighted by molar-refractivity contribution is -0.137. The third-order valence-electron chi connectivity index (χ3n) is 8.36. The lowest BCUT2D eigenvalue weighted by atomic mass is 9.67. The number of rotatable bonds is 6. The standard InChI is InChI=1S/C28H38F3N5O/c1-27(2)15-22(16-27)36-12-10-18(11-13-36)24-17-32-26(34-21-5-3-4-19(14-21)28(29,30)31)35-25(24)33-20-6-8-23(37)9-7-20/h3-5,14,17-18,20,22-23,37H,6-13,15-16H2,1-2H3,(H2,32,33,34,35). The monoisotopic (exact) mass is 517 g/mol. The van der Waals surface area contributed by atoms with Crippen LogP contribution in [0.15, 0.2) is 30.5 Å². The number of anilines is 3. The summed E-state index contributed by atoms with van der Waals surface area (Å²) < 4.78 is 39.5. The van der Waals surface area contributed by atoms with E-state index in [0.29, 0.717) is 23.1 Å². The van der Waals surface area contributed by atoms with Crippen LogP contribution in [0.25, 0.3) is 0 Å². The minimum atomic E-state index is -4.41. The molecule has 6 nitrogen and oxygen atoms in total. The van der Waals surface area contributed by atoms with Crippen LogP contribution in [0, 0.1) is 5.41 Å². The summed E-state index contributed by atoms with van der Waals surface area (Å²) in [6.45, 7) is 6.80. The van der Waals surface area contributed by atoms with E-state index in [4.69, 9.17) is 4.98 Å². The van der Waals surface area contributed by atoms with E-state index in [2.05, 4.69) is 34.4 Å². The molecule has 1 aliphatic heterocycles. The van der Waals surface area contributed by atoms with Crippen LogP contribution in [0.2, 0.25) is 0 Å². The van der Waals surface area contributed by atoms with Crippen molar-refractivity contribution < 1.29 is 18.3 Å². The minimum absolute atomic E-state index is 0.204. The fourth-order valence-electron chi connectivity index (χ4n) is 6.23. The highest BCUT2D eigenvalue weighted by Gasteiger charge is 2.40. The highest BCUT2D eigenvalue weighted by Crippen LogP contribution is 2.44. The van der Waals surface area contributed by atoms with Gasteiger partial charge in [-0.05, 0) is 94.0 Å². The fourth-order valence-corrected chi connectivity index (χ4v) is 6.23. The van der Waals surface area contributed by atoms with Crippen LogP contribution < -0.4 is 10.6 Å². The summed E-state index contributed by atoms with van der Waals surface area (Å²) in [4.78, 5) is 11.9. The maximum absolute atomic E-state index is 13.2. The Bertz CT molecular complexity index is 1070. The molecule has 1 saturated heterocycles. The van der Waals surface area contributed by atoms with Crippen LogP contribution in [0.5, 0.6) is 0 Å². The van der Waals surface area contributed by atoms with Gasteiger partial charge in [0.15, 0.2) is 0 Å². The van der Waals surface area contributed by atoms with E-state index in [-0.39, 0.29) is 18.1 Å². The molecule has 37 heavy (non-hydrogen) atoms. The summed E-state index contributed by atoms with van der Waals surface area (Å²) in [5.41, 5.74) is 1.12. The molecular weight excluding hydrogens is 479 g/mol. The van der Waals surface area contributed by atoms with Gasteiger partial charge in [0.05, 0.1) is 11.7 Å². The van der Waals surface area contributed by atoms with Crippen molar-refractivity contribution in [2.24, 2.45) is 5.41 Å². The van der Waals surface area contributed by atoms with E-state index in [9.17, 15) is 18.3 Å². The number of likely N-dealkylation sites (tertiary alicyclic amines) is 1. The minimum Gasteiger partial charge on any atom is -0.393 e. The predicted octanol–water partition coefficient (Wildman–Crippen LogP) is 6.32. The van der Waals surface area contributed by atoms with E-state index >= 15 is 0 Å². The van der Waals surface area contributed by atoms with Crippen molar-refractivity contribution in [3.8, 4) is 0 Å². The molecule has 0 radical (unpaired) electrons. The van der Waals surface area contributed by atoms with Gasteiger partial charge in [-0.2, -0.15) is 18.2 Å². The van der Waals surface area contributed by atoms with Gasteiger partial charge in [0.25, 0.3) is 0 Å². The highest BCUT2D eigenvalue weighted by atomic mass is 19.4. The number of aliphatic hydroxyl groups is 1. The highest BCUT2D eigenvalue weighted by molar-refractivity contribution is 5.58. The van der Waals surface area contributed by atoms with Gasteiger partial charge in [0.1, 0.15) is 5.82 Å². The maximum Gasteiger partial charge on any atom is 0.416 e. The molecule has 1 aromatic heterocycles. The number of benzene rings is 1. The van der Waals surface area contributed by atoms with Crippen molar-refractivity contribution >= 4 is 17.5 Å². The number of piperidine rings is 1. The van der Waals surface area contributed by atoms with Crippen LogP contribution in [0.3, 0.4) is 0 Å². The Balaban J connectivity index is 1.32. The number of nitrogens with one attached hydrogen (secondary N) is 2. The van der Waals surface area contributed by atoms with E-state index in [1.54, 1.807) is 6.07 Å². The Labute approximate surface area is 217 Å². The second kappa shape index (κ2) is 10.4. The molecule has 0 unspecified atom stereocenters. The van der Waals surface area contributed by atoms with Crippen molar-refractivity contribution in [2.45, 2.75) is 95.5 Å². The number of aromatic nitrogens is 2. The number of hydrogen-bond donors (Lipinski definition) is 3. The molecule has 202 valence electrons. The van der Waals surface area contributed by atoms with Crippen molar-refractivity contribution in [1.82, 2.24) is 14.9 Å². The first kappa shape index (κ1) is 26.2.